The predicted molar refractivity (Wildman–Crippen MR) is 266 cm³/mol. The van der Waals surface area contributed by atoms with Gasteiger partial charge in [-0.1, -0.05) is 159 Å². The maximum Gasteiger partial charge on any atom is 2.00 e. The molecule has 350 valence electrons. The minimum absolute atomic E-state index is 0. The van der Waals surface area contributed by atoms with Crippen molar-refractivity contribution in [2.75, 3.05) is 13.7 Å². The van der Waals surface area contributed by atoms with Gasteiger partial charge in [-0.15, -0.1) is 33.1 Å². The number of hydrogen-bond acceptors (Lipinski definition) is 6. The summed E-state index contributed by atoms with van der Waals surface area (Å²) in [5.74, 6) is -1.18. The second-order valence-corrected chi connectivity index (χ2v) is 18.1. The van der Waals surface area contributed by atoms with Crippen molar-refractivity contribution < 1.29 is 29.0 Å². The van der Waals surface area contributed by atoms with E-state index in [0.29, 0.717) is 67.9 Å². The summed E-state index contributed by atoms with van der Waals surface area (Å²) in [5, 5.41) is 17.7. The van der Waals surface area contributed by atoms with Gasteiger partial charge in [-0.05, 0) is 80.6 Å². The average molecular weight is 900 g/mol. The number of carbonyl (C=O) groups excluding carboxylic acids is 3. The van der Waals surface area contributed by atoms with E-state index in [1.165, 1.54) is 44.8 Å². The number of aliphatic hydroxyl groups is 1. The maximum atomic E-state index is 14.2. The second kappa shape index (κ2) is 24.9. The minimum atomic E-state index is -1.21. The Bertz CT molecular complexity index is 2480. The van der Waals surface area contributed by atoms with Crippen LogP contribution >= 0.6 is 0 Å². The Morgan fingerprint density at radius 2 is 1.63 bits per heavy atom. The van der Waals surface area contributed by atoms with Crippen molar-refractivity contribution in [3.8, 4) is 0 Å². The first kappa shape index (κ1) is 54.8. The molecule has 1 fully saturated rings. The summed E-state index contributed by atoms with van der Waals surface area (Å²) in [6, 6.07) is -0.643. The molecule has 5 atom stereocenters. The third kappa shape index (κ3) is 12.3. The molecule has 0 saturated carbocycles. The predicted octanol–water partition coefficient (Wildman–Crippen LogP) is 8.41. The van der Waals surface area contributed by atoms with Crippen LogP contribution in [0.15, 0.2) is 23.9 Å². The number of aliphatic hydroxyl groups excluding tert-OH is 1. The van der Waals surface area contributed by atoms with Gasteiger partial charge in [-0.25, -0.2) is 0 Å². The van der Waals surface area contributed by atoms with E-state index in [2.05, 4.69) is 48.1 Å². The van der Waals surface area contributed by atoms with Gasteiger partial charge in [0.05, 0.1) is 13.4 Å². The smallest absolute Gasteiger partial charge is 0.681 e. The van der Waals surface area contributed by atoms with E-state index < -0.39 is 17.9 Å². The summed E-state index contributed by atoms with van der Waals surface area (Å²) in [7, 11) is 1.27. The number of rotatable bonds is 16. The van der Waals surface area contributed by atoms with E-state index in [1.807, 2.05) is 52.0 Å². The molecule has 5 heterocycles. The Balaban J connectivity index is 0.000000765. The van der Waals surface area contributed by atoms with Crippen LogP contribution in [0.1, 0.15) is 170 Å². The van der Waals surface area contributed by atoms with Crippen LogP contribution < -0.4 is 36.2 Å². The van der Waals surface area contributed by atoms with Crippen molar-refractivity contribution in [3.05, 3.63) is 95.4 Å². The molecule has 3 aliphatic rings. The molecule has 11 heteroatoms. The van der Waals surface area contributed by atoms with Crippen LogP contribution in [0.3, 0.4) is 0 Å². The summed E-state index contributed by atoms with van der Waals surface area (Å²) in [6.45, 7) is 25.5. The molecule has 1 N–H and O–H groups in total. The summed E-state index contributed by atoms with van der Waals surface area (Å²) in [4.78, 5) is 55.6. The van der Waals surface area contributed by atoms with Crippen LogP contribution in [0.2, 0.25) is 0 Å². The number of fused-ring (bicyclic) bond motifs is 8. The fourth-order valence-electron chi connectivity index (χ4n) is 9.49. The zero-order chi connectivity index (χ0) is 46.1. The van der Waals surface area contributed by atoms with Crippen LogP contribution in [-0.2, 0) is 25.5 Å². The molecule has 0 amide bonds. The fraction of sp³-hybridized carbons (Fsp3) is 0.537. The standard InChI is InChI=1S/C42H46N4O6.C11H24.CH4.Mg/c1-9-12-21(4)15-16-52-35(48)14-13-27-23(6)30-17-29-22(5)25(10-2)32(43-29)19-34-28(20-47)26(11-3)33(44-34)18-31-24(7)36-40(46-31)37(39(27)45-30)38(41(36)49)42(50)51-8;1-5-7-11(4)9-6-8-10(2)3;;/h10,15,17-20,23,27,38-39H,2,9,11-14,16H2,1,3-8H3,(H,47,49);10-11H,5-9H2,1-4H3;1H4;/q-4;;;+2/b21-15+,30-17-,34-19-;;;/t23-,27-,38+,39?;11-;;/m00../s1. The average Bonchev–Trinajstić information content (AvgIpc) is 4.00. The third-order valence-electron chi connectivity index (χ3n) is 13.1. The van der Waals surface area contributed by atoms with Gasteiger partial charge in [0.15, 0.2) is 5.78 Å². The van der Waals surface area contributed by atoms with Gasteiger partial charge >= 0.3 is 35.0 Å². The monoisotopic (exact) mass is 899 g/mol. The Morgan fingerprint density at radius 1 is 0.923 bits per heavy atom. The van der Waals surface area contributed by atoms with Crippen LogP contribution in [0.25, 0.3) is 41.5 Å². The first-order valence-corrected chi connectivity index (χ1v) is 23.2. The van der Waals surface area contributed by atoms with Gasteiger partial charge in [0.25, 0.3) is 0 Å². The number of esters is 2. The molecule has 3 aromatic heterocycles. The number of allylic oxidation sites excluding steroid dienone is 2. The van der Waals surface area contributed by atoms with E-state index in [9.17, 15) is 19.5 Å². The topological polar surface area (TPSA) is 146 Å². The molecule has 8 bridgehead atoms. The van der Waals surface area contributed by atoms with E-state index in [4.69, 9.17) is 29.7 Å². The van der Waals surface area contributed by atoms with Crippen molar-refractivity contribution in [3.63, 3.8) is 0 Å². The fourth-order valence-corrected chi connectivity index (χ4v) is 9.49. The summed E-state index contributed by atoms with van der Waals surface area (Å²) in [6.07, 6.45) is 20.5. The Hall–Kier alpha value is -4.48. The van der Waals surface area contributed by atoms with Crippen molar-refractivity contribution in [1.29, 1.82) is 0 Å². The molecule has 10 nitrogen and oxygen atoms in total. The van der Waals surface area contributed by atoms with Crippen LogP contribution in [0, 0.1) is 43.4 Å². The summed E-state index contributed by atoms with van der Waals surface area (Å²) < 4.78 is 10.8. The molecule has 1 saturated heterocycles. The number of aromatic nitrogens is 3. The SMILES string of the molecule is C.C=Cc1c2[n-]c(c1C)/C=C1\[N-]C(C3=c4[n-]/c(c(C)c4C(=O)[C@@H]3C(=O)OC)=C\c3[n-]c(/c(=C\O)c3CC)=C\2)[C@@H](CCC(=O)OC/C=C(\C)CCC)[C@@H]1C.CCC[C@H](C)CCCC(C)C.[Mg+2]. The molecule has 3 aromatic rings. The number of ketones is 1. The maximum absolute atomic E-state index is 14.2. The molecule has 1 unspecified atom stereocenters. The van der Waals surface area contributed by atoms with Gasteiger partial charge in [0.1, 0.15) is 12.5 Å². The van der Waals surface area contributed by atoms with Gasteiger partial charge < -0.3 is 34.8 Å². The Labute approximate surface area is 404 Å². The molecule has 0 radical (unpaired) electrons. The van der Waals surface area contributed by atoms with E-state index in [-0.39, 0.29) is 67.1 Å². The largest absolute Gasteiger partial charge is 2.00 e. The van der Waals surface area contributed by atoms with Crippen molar-refractivity contribution in [2.24, 2.45) is 29.6 Å². The number of carbonyl (C=O) groups is 3. The summed E-state index contributed by atoms with van der Waals surface area (Å²) >= 11 is 0. The first-order chi connectivity index (χ1) is 30.1. The second-order valence-electron chi connectivity index (χ2n) is 18.1. The number of Topliss-reactive ketones (excluding diaryl/α,β-unsaturated/α-hetero) is 1. The normalized spacial score (nSPS) is 21.0. The molecule has 65 heavy (non-hydrogen) atoms. The van der Waals surface area contributed by atoms with Crippen LogP contribution in [-0.4, -0.2) is 65.6 Å². The molecule has 0 aromatic carbocycles. The van der Waals surface area contributed by atoms with E-state index in [1.54, 1.807) is 6.08 Å². The van der Waals surface area contributed by atoms with E-state index in [0.717, 1.165) is 53.3 Å². The van der Waals surface area contributed by atoms with Crippen LogP contribution in [0.5, 0.6) is 0 Å². The van der Waals surface area contributed by atoms with Crippen molar-refractivity contribution >= 4 is 76.9 Å². The van der Waals surface area contributed by atoms with Gasteiger partial charge in [-0.2, -0.15) is 5.70 Å². The quantitative estimate of drug-likeness (QED) is 0.0648. The first-order valence-electron chi connectivity index (χ1n) is 23.2. The number of hydrogen-bond donors (Lipinski definition) is 1. The summed E-state index contributed by atoms with van der Waals surface area (Å²) in [5.41, 5.74) is 7.89. The van der Waals surface area contributed by atoms with E-state index >= 15 is 0 Å². The zero-order valence-electron chi connectivity index (χ0n) is 40.4. The minimum Gasteiger partial charge on any atom is -0.681 e. The van der Waals surface area contributed by atoms with Gasteiger partial charge in [-0.3, -0.25) is 14.4 Å². The molecule has 2 aliphatic heterocycles. The molecule has 1 aliphatic carbocycles. The van der Waals surface area contributed by atoms with Gasteiger partial charge in [0, 0.05) is 12.0 Å². The number of ether oxygens (including phenoxy) is 2. The van der Waals surface area contributed by atoms with Crippen LogP contribution in [0.4, 0.5) is 0 Å². The Kier molecular flexibility index (Phi) is 21.0. The van der Waals surface area contributed by atoms with Crippen molar-refractivity contribution in [2.45, 2.75) is 147 Å². The molecule has 6 rings (SSSR count). The van der Waals surface area contributed by atoms with Gasteiger partial charge in [0.2, 0.25) is 0 Å². The molecular formula is C54H74MgN4O6-2. The molecular weight excluding hydrogens is 825 g/mol. The third-order valence-corrected chi connectivity index (χ3v) is 13.1. The Morgan fingerprint density at radius 3 is 2.25 bits per heavy atom. The van der Waals surface area contributed by atoms with Crippen molar-refractivity contribution in [1.82, 2.24) is 15.0 Å². The number of nitrogens with zero attached hydrogens (tertiary/aromatic N) is 4. The molecule has 0 spiro atoms. The zero-order valence-corrected chi connectivity index (χ0v) is 41.8. The number of methoxy groups -OCH3 is 1.